The van der Waals surface area contributed by atoms with Crippen molar-refractivity contribution < 1.29 is 13.6 Å². The average molecular weight is 373 g/mol. The first-order chi connectivity index (χ1) is 12.9. The van der Waals surface area contributed by atoms with E-state index in [9.17, 15) is 13.6 Å². The van der Waals surface area contributed by atoms with Crippen molar-refractivity contribution in [3.63, 3.8) is 0 Å². The number of hydrogen-bond acceptors (Lipinski definition) is 3. The van der Waals surface area contributed by atoms with Crippen LogP contribution in [0.25, 0.3) is 0 Å². The average Bonchev–Trinajstić information content (AvgIpc) is 2.86. The summed E-state index contributed by atoms with van der Waals surface area (Å²) in [5, 5.41) is 0. The molecule has 1 amide bonds. The number of pyridine rings is 1. The molecule has 1 atom stereocenters. The summed E-state index contributed by atoms with van der Waals surface area (Å²) in [6.07, 6.45) is 3.34. The lowest BCUT2D eigenvalue weighted by Crippen LogP contribution is -2.45. The van der Waals surface area contributed by atoms with E-state index in [-0.39, 0.29) is 23.3 Å². The molecule has 0 aliphatic carbocycles. The predicted octanol–water partition coefficient (Wildman–Crippen LogP) is 3.73. The summed E-state index contributed by atoms with van der Waals surface area (Å²) in [5.74, 6) is -0.592. The molecule has 0 spiro atoms. The smallest absolute Gasteiger partial charge is 0.255 e. The fraction of sp³-hybridized carbons (Fsp3) is 0.429. The monoisotopic (exact) mass is 373 g/mol. The van der Waals surface area contributed by atoms with Crippen LogP contribution in [0.3, 0.4) is 0 Å². The molecule has 0 unspecified atom stereocenters. The normalized spacial score (nSPS) is 18.6. The number of carbonyl (C=O) groups excluding carboxylic acids is 1. The van der Waals surface area contributed by atoms with Gasteiger partial charge in [-0.25, -0.2) is 8.78 Å². The van der Waals surface area contributed by atoms with E-state index in [2.05, 4.69) is 23.7 Å². The van der Waals surface area contributed by atoms with Crippen molar-refractivity contribution in [2.24, 2.45) is 5.92 Å². The van der Waals surface area contributed by atoms with Gasteiger partial charge in [0.25, 0.3) is 5.91 Å². The zero-order chi connectivity index (χ0) is 19.4. The Kier molecular flexibility index (Phi) is 6.16. The Labute approximate surface area is 158 Å². The van der Waals surface area contributed by atoms with Gasteiger partial charge in [-0.3, -0.25) is 14.7 Å². The Hall–Kier alpha value is -2.34. The molecular weight excluding hydrogens is 348 g/mol. The topological polar surface area (TPSA) is 36.4 Å². The molecule has 1 fully saturated rings. The molecule has 0 radical (unpaired) electrons. The molecule has 2 aromatic rings. The van der Waals surface area contributed by atoms with Crippen LogP contribution in [0.2, 0.25) is 0 Å². The third-order valence-electron chi connectivity index (χ3n) is 5.06. The fourth-order valence-corrected chi connectivity index (χ4v) is 3.61. The molecule has 144 valence electrons. The molecule has 1 aromatic heterocycles. The van der Waals surface area contributed by atoms with Crippen LogP contribution in [0.1, 0.15) is 36.2 Å². The van der Waals surface area contributed by atoms with Crippen LogP contribution in [0.5, 0.6) is 0 Å². The number of benzene rings is 1. The predicted molar refractivity (Wildman–Crippen MR) is 100 cm³/mol. The number of amides is 1. The second-order valence-electron chi connectivity index (χ2n) is 7.40. The van der Waals surface area contributed by atoms with Crippen LogP contribution >= 0.6 is 0 Å². The number of nitrogens with zero attached hydrogens (tertiary/aromatic N) is 3. The second kappa shape index (κ2) is 8.57. The number of rotatable bonds is 4. The molecule has 3 rings (SSSR count). The first kappa shape index (κ1) is 19.4. The molecule has 27 heavy (non-hydrogen) atoms. The van der Waals surface area contributed by atoms with Gasteiger partial charge in [0.2, 0.25) is 0 Å². The minimum absolute atomic E-state index is 0.169. The molecule has 1 aliphatic heterocycles. The summed E-state index contributed by atoms with van der Waals surface area (Å²) in [4.78, 5) is 20.8. The van der Waals surface area contributed by atoms with Crippen LogP contribution in [0.4, 0.5) is 8.78 Å². The maximum Gasteiger partial charge on any atom is 0.255 e. The van der Waals surface area contributed by atoms with E-state index in [0.29, 0.717) is 25.6 Å². The molecule has 6 heteroatoms. The maximum absolute atomic E-state index is 13.4. The molecule has 4 nitrogen and oxygen atoms in total. The van der Waals surface area contributed by atoms with Crippen LogP contribution in [0.15, 0.2) is 42.7 Å². The van der Waals surface area contributed by atoms with Gasteiger partial charge in [-0.15, -0.1) is 0 Å². The Morgan fingerprint density at radius 3 is 2.56 bits per heavy atom. The summed E-state index contributed by atoms with van der Waals surface area (Å²) in [6.45, 7) is 7.05. The van der Waals surface area contributed by atoms with Crippen LogP contribution < -0.4 is 0 Å². The largest absolute Gasteiger partial charge is 0.337 e. The summed E-state index contributed by atoms with van der Waals surface area (Å²) in [5.41, 5.74) is 1.33. The third kappa shape index (κ3) is 4.89. The van der Waals surface area contributed by atoms with Crippen molar-refractivity contribution in [1.82, 2.24) is 14.8 Å². The van der Waals surface area contributed by atoms with Gasteiger partial charge in [0.1, 0.15) is 11.6 Å². The van der Waals surface area contributed by atoms with E-state index in [0.717, 1.165) is 24.7 Å². The SMILES string of the molecule is CC(C)[C@H]1CN(C(=O)c2cncc(F)c2)CCCN1Cc1ccc(F)cc1. The summed E-state index contributed by atoms with van der Waals surface area (Å²) in [6, 6.07) is 7.97. The molecule has 0 N–H and O–H groups in total. The van der Waals surface area contributed by atoms with Gasteiger partial charge in [-0.2, -0.15) is 0 Å². The highest BCUT2D eigenvalue weighted by Gasteiger charge is 2.30. The zero-order valence-corrected chi connectivity index (χ0v) is 15.7. The number of halogens is 2. The lowest BCUT2D eigenvalue weighted by atomic mass is 10.0. The summed E-state index contributed by atoms with van der Waals surface area (Å²) < 4.78 is 26.6. The molecule has 1 aromatic carbocycles. The van der Waals surface area contributed by atoms with Crippen LogP contribution in [0, 0.1) is 17.6 Å². The van der Waals surface area contributed by atoms with E-state index in [4.69, 9.17) is 0 Å². The minimum Gasteiger partial charge on any atom is -0.337 e. The Morgan fingerprint density at radius 1 is 1.15 bits per heavy atom. The second-order valence-corrected chi connectivity index (χ2v) is 7.40. The molecule has 0 bridgehead atoms. The molecule has 2 heterocycles. The highest BCUT2D eigenvalue weighted by atomic mass is 19.1. The van der Waals surface area contributed by atoms with E-state index >= 15 is 0 Å². The third-order valence-corrected chi connectivity index (χ3v) is 5.06. The van der Waals surface area contributed by atoms with Gasteiger partial charge < -0.3 is 4.90 Å². The van der Waals surface area contributed by atoms with E-state index in [1.54, 1.807) is 17.0 Å². The van der Waals surface area contributed by atoms with E-state index in [1.807, 2.05) is 0 Å². The Morgan fingerprint density at radius 2 is 1.89 bits per heavy atom. The first-order valence-electron chi connectivity index (χ1n) is 9.32. The number of aromatic nitrogens is 1. The van der Waals surface area contributed by atoms with E-state index < -0.39 is 5.82 Å². The quantitative estimate of drug-likeness (QED) is 0.819. The van der Waals surface area contributed by atoms with Crippen molar-refractivity contribution in [2.75, 3.05) is 19.6 Å². The van der Waals surface area contributed by atoms with Crippen LogP contribution in [-0.4, -0.2) is 46.4 Å². The van der Waals surface area contributed by atoms with Gasteiger partial charge in [-0.1, -0.05) is 26.0 Å². The van der Waals surface area contributed by atoms with Crippen molar-refractivity contribution >= 4 is 5.91 Å². The van der Waals surface area contributed by atoms with Crippen molar-refractivity contribution in [1.29, 1.82) is 0 Å². The molecule has 1 saturated heterocycles. The summed E-state index contributed by atoms with van der Waals surface area (Å²) >= 11 is 0. The minimum atomic E-state index is -0.506. The number of hydrogen-bond donors (Lipinski definition) is 0. The van der Waals surface area contributed by atoms with Crippen molar-refractivity contribution in [3.05, 3.63) is 65.5 Å². The molecular formula is C21H25F2N3O. The van der Waals surface area contributed by atoms with Crippen molar-refractivity contribution in [2.45, 2.75) is 32.9 Å². The van der Waals surface area contributed by atoms with Crippen LogP contribution in [-0.2, 0) is 6.54 Å². The first-order valence-corrected chi connectivity index (χ1v) is 9.32. The van der Waals surface area contributed by atoms with Gasteiger partial charge in [0.15, 0.2) is 0 Å². The fourth-order valence-electron chi connectivity index (χ4n) is 3.61. The Balaban J connectivity index is 1.76. The lowest BCUT2D eigenvalue weighted by molar-refractivity contribution is 0.0701. The highest BCUT2D eigenvalue weighted by molar-refractivity contribution is 5.94. The molecule has 1 aliphatic rings. The van der Waals surface area contributed by atoms with Gasteiger partial charge in [0.05, 0.1) is 11.8 Å². The van der Waals surface area contributed by atoms with Gasteiger partial charge >= 0.3 is 0 Å². The summed E-state index contributed by atoms with van der Waals surface area (Å²) in [7, 11) is 0. The standard InChI is InChI=1S/C21H25F2N3O/c1-15(2)20-14-26(21(27)17-10-19(23)12-24-11-17)9-3-8-25(20)13-16-4-6-18(22)7-5-16/h4-7,10-12,15,20H,3,8-9,13-14H2,1-2H3/t20-/m1/s1. The lowest BCUT2D eigenvalue weighted by Gasteiger charge is -2.34. The van der Waals surface area contributed by atoms with Gasteiger partial charge in [-0.05, 0) is 36.1 Å². The highest BCUT2D eigenvalue weighted by Crippen LogP contribution is 2.21. The maximum atomic E-state index is 13.4. The zero-order valence-electron chi connectivity index (χ0n) is 15.7. The Bertz CT molecular complexity index is 779. The van der Waals surface area contributed by atoms with E-state index in [1.165, 1.54) is 24.4 Å². The number of carbonyl (C=O) groups is 1. The van der Waals surface area contributed by atoms with Gasteiger partial charge in [0, 0.05) is 38.4 Å². The molecule has 0 saturated carbocycles. The van der Waals surface area contributed by atoms with Crippen molar-refractivity contribution in [3.8, 4) is 0 Å².